The van der Waals surface area contributed by atoms with E-state index < -0.39 is 0 Å². The van der Waals surface area contributed by atoms with Crippen LogP contribution in [0.1, 0.15) is 16.8 Å². The fourth-order valence-corrected chi connectivity index (χ4v) is 2.76. The molecule has 1 amide bonds. The Morgan fingerprint density at radius 2 is 1.88 bits per heavy atom. The SMILES string of the molecule is Cc1[nH]nc(-c2ccc(Cl)cc2)c1CC(=O)NCCc1ccncc1. The number of H-pyrrole nitrogens is 1. The number of benzene rings is 1. The van der Waals surface area contributed by atoms with Crippen molar-refractivity contribution in [2.24, 2.45) is 0 Å². The Morgan fingerprint density at radius 1 is 1.16 bits per heavy atom. The van der Waals surface area contributed by atoms with Crippen LogP contribution in [0.4, 0.5) is 0 Å². The molecule has 5 nitrogen and oxygen atoms in total. The number of aromatic amines is 1. The van der Waals surface area contributed by atoms with E-state index in [0.717, 1.165) is 34.5 Å². The van der Waals surface area contributed by atoms with E-state index in [1.165, 1.54) is 0 Å². The molecule has 0 saturated heterocycles. The lowest BCUT2D eigenvalue weighted by Gasteiger charge is -2.07. The van der Waals surface area contributed by atoms with Gasteiger partial charge in [-0.2, -0.15) is 5.10 Å². The van der Waals surface area contributed by atoms with Gasteiger partial charge in [-0.25, -0.2) is 0 Å². The molecule has 0 saturated carbocycles. The minimum atomic E-state index is -0.0197. The van der Waals surface area contributed by atoms with E-state index >= 15 is 0 Å². The minimum absolute atomic E-state index is 0.0197. The van der Waals surface area contributed by atoms with Crippen molar-refractivity contribution >= 4 is 17.5 Å². The highest BCUT2D eigenvalue weighted by Gasteiger charge is 2.15. The number of nitrogens with one attached hydrogen (secondary N) is 2. The topological polar surface area (TPSA) is 70.7 Å². The van der Waals surface area contributed by atoms with Gasteiger partial charge in [0.15, 0.2) is 0 Å². The Balaban J connectivity index is 1.63. The van der Waals surface area contributed by atoms with Crippen molar-refractivity contribution in [3.8, 4) is 11.3 Å². The van der Waals surface area contributed by atoms with E-state index in [4.69, 9.17) is 11.6 Å². The van der Waals surface area contributed by atoms with E-state index in [1.54, 1.807) is 12.4 Å². The van der Waals surface area contributed by atoms with Crippen LogP contribution in [-0.2, 0) is 17.6 Å². The highest BCUT2D eigenvalue weighted by molar-refractivity contribution is 6.30. The lowest BCUT2D eigenvalue weighted by Crippen LogP contribution is -2.27. The molecule has 3 aromatic rings. The molecule has 2 heterocycles. The first-order valence-corrected chi connectivity index (χ1v) is 8.46. The summed E-state index contributed by atoms with van der Waals surface area (Å²) in [4.78, 5) is 16.3. The molecule has 0 aliphatic heterocycles. The predicted molar refractivity (Wildman–Crippen MR) is 98.4 cm³/mol. The van der Waals surface area contributed by atoms with Gasteiger partial charge in [0.1, 0.15) is 0 Å². The summed E-state index contributed by atoms with van der Waals surface area (Å²) in [6, 6.07) is 11.3. The average Bonchev–Trinajstić information content (AvgIpc) is 2.97. The van der Waals surface area contributed by atoms with Crippen molar-refractivity contribution in [2.75, 3.05) is 6.54 Å². The number of carbonyl (C=O) groups excluding carboxylic acids is 1. The Morgan fingerprint density at radius 3 is 2.60 bits per heavy atom. The molecule has 128 valence electrons. The predicted octanol–water partition coefficient (Wildman–Crippen LogP) is 3.33. The average molecular weight is 355 g/mol. The van der Waals surface area contributed by atoms with Gasteiger partial charge in [0.2, 0.25) is 5.91 Å². The second kappa shape index (κ2) is 7.94. The van der Waals surface area contributed by atoms with Crippen LogP contribution in [0.5, 0.6) is 0 Å². The summed E-state index contributed by atoms with van der Waals surface area (Å²) in [5, 5.41) is 10.9. The molecular weight excluding hydrogens is 336 g/mol. The fraction of sp³-hybridized carbons (Fsp3) is 0.211. The van der Waals surface area contributed by atoms with Crippen LogP contribution < -0.4 is 5.32 Å². The summed E-state index contributed by atoms with van der Waals surface area (Å²) >= 11 is 5.94. The van der Waals surface area contributed by atoms with Crippen LogP contribution in [0.3, 0.4) is 0 Å². The zero-order valence-corrected chi connectivity index (χ0v) is 14.7. The quantitative estimate of drug-likeness (QED) is 0.713. The summed E-state index contributed by atoms with van der Waals surface area (Å²) in [7, 11) is 0. The monoisotopic (exact) mass is 354 g/mol. The Labute approximate surface area is 151 Å². The molecule has 0 bridgehead atoms. The number of carbonyl (C=O) groups is 1. The summed E-state index contributed by atoms with van der Waals surface area (Å²) in [5.74, 6) is -0.0197. The number of hydrogen-bond donors (Lipinski definition) is 2. The third-order valence-electron chi connectivity index (χ3n) is 4.01. The zero-order valence-electron chi connectivity index (χ0n) is 13.9. The van der Waals surface area contributed by atoms with Crippen molar-refractivity contribution in [3.63, 3.8) is 0 Å². The van der Waals surface area contributed by atoms with Gasteiger partial charge in [-0.1, -0.05) is 23.7 Å². The molecule has 0 radical (unpaired) electrons. The summed E-state index contributed by atoms with van der Waals surface area (Å²) in [5.41, 5.74) is 4.68. The molecule has 0 aliphatic carbocycles. The molecule has 2 aromatic heterocycles. The van der Waals surface area contributed by atoms with Crippen molar-refractivity contribution in [3.05, 3.63) is 70.6 Å². The van der Waals surface area contributed by atoms with Crippen molar-refractivity contribution in [2.45, 2.75) is 19.8 Å². The first-order valence-electron chi connectivity index (χ1n) is 8.09. The van der Waals surface area contributed by atoms with E-state index in [0.29, 0.717) is 11.6 Å². The lowest BCUT2D eigenvalue weighted by atomic mass is 10.0. The van der Waals surface area contributed by atoms with Crippen molar-refractivity contribution < 1.29 is 4.79 Å². The molecule has 0 spiro atoms. The van der Waals surface area contributed by atoms with E-state index in [2.05, 4.69) is 20.5 Å². The lowest BCUT2D eigenvalue weighted by molar-refractivity contribution is -0.120. The summed E-state index contributed by atoms with van der Waals surface area (Å²) in [6.07, 6.45) is 4.58. The van der Waals surface area contributed by atoms with Gasteiger partial charge in [-0.15, -0.1) is 0 Å². The van der Waals surface area contributed by atoms with Crippen molar-refractivity contribution in [1.29, 1.82) is 0 Å². The van der Waals surface area contributed by atoms with Gasteiger partial charge >= 0.3 is 0 Å². The maximum absolute atomic E-state index is 12.3. The zero-order chi connectivity index (χ0) is 17.6. The van der Waals surface area contributed by atoms with E-state index in [9.17, 15) is 4.79 Å². The molecule has 0 unspecified atom stereocenters. The smallest absolute Gasteiger partial charge is 0.224 e. The number of hydrogen-bond acceptors (Lipinski definition) is 3. The molecule has 2 N–H and O–H groups in total. The summed E-state index contributed by atoms with van der Waals surface area (Å²) < 4.78 is 0. The Hall–Kier alpha value is -2.66. The van der Waals surface area contributed by atoms with Crippen LogP contribution in [0.2, 0.25) is 5.02 Å². The highest BCUT2D eigenvalue weighted by atomic mass is 35.5. The highest BCUT2D eigenvalue weighted by Crippen LogP contribution is 2.25. The minimum Gasteiger partial charge on any atom is -0.355 e. The summed E-state index contributed by atoms with van der Waals surface area (Å²) in [6.45, 7) is 2.52. The van der Waals surface area contributed by atoms with Gasteiger partial charge in [-0.3, -0.25) is 14.9 Å². The molecule has 0 atom stereocenters. The Kier molecular flexibility index (Phi) is 5.46. The second-order valence-corrected chi connectivity index (χ2v) is 6.25. The van der Waals surface area contributed by atoms with Gasteiger partial charge < -0.3 is 5.32 Å². The molecule has 3 rings (SSSR count). The van der Waals surface area contributed by atoms with Crippen LogP contribution in [0, 0.1) is 6.92 Å². The van der Waals surface area contributed by atoms with Crippen LogP contribution in [0.25, 0.3) is 11.3 Å². The Bertz CT molecular complexity index is 844. The number of aromatic nitrogens is 3. The second-order valence-electron chi connectivity index (χ2n) is 5.81. The number of halogens is 1. The molecular formula is C19H19ClN4O. The van der Waals surface area contributed by atoms with Gasteiger partial charge in [0, 0.05) is 40.8 Å². The van der Waals surface area contributed by atoms with E-state index in [-0.39, 0.29) is 12.3 Å². The van der Waals surface area contributed by atoms with Crippen LogP contribution >= 0.6 is 11.6 Å². The fourth-order valence-electron chi connectivity index (χ4n) is 2.63. The van der Waals surface area contributed by atoms with Gasteiger partial charge in [-0.05, 0) is 43.2 Å². The van der Waals surface area contributed by atoms with Gasteiger partial charge in [0.25, 0.3) is 0 Å². The normalized spacial score (nSPS) is 10.6. The molecule has 25 heavy (non-hydrogen) atoms. The number of aryl methyl sites for hydroxylation is 1. The van der Waals surface area contributed by atoms with E-state index in [1.807, 2.05) is 43.3 Å². The standard InChI is InChI=1S/C19H19ClN4O/c1-13-17(19(24-23-13)15-2-4-16(20)5-3-15)12-18(25)22-11-8-14-6-9-21-10-7-14/h2-7,9-10H,8,11-12H2,1H3,(H,22,25)(H,23,24). The van der Waals surface area contributed by atoms with Crippen LogP contribution in [-0.4, -0.2) is 27.6 Å². The first-order chi connectivity index (χ1) is 12.1. The van der Waals surface area contributed by atoms with Gasteiger partial charge in [0.05, 0.1) is 12.1 Å². The number of pyridine rings is 1. The number of rotatable bonds is 6. The molecule has 6 heteroatoms. The third-order valence-corrected chi connectivity index (χ3v) is 4.27. The van der Waals surface area contributed by atoms with Crippen LogP contribution in [0.15, 0.2) is 48.8 Å². The maximum Gasteiger partial charge on any atom is 0.224 e. The largest absolute Gasteiger partial charge is 0.355 e. The molecule has 0 fully saturated rings. The van der Waals surface area contributed by atoms with Crippen molar-refractivity contribution in [1.82, 2.24) is 20.5 Å². The first kappa shape index (κ1) is 17.2. The molecule has 0 aliphatic rings. The third kappa shape index (κ3) is 4.45. The molecule has 1 aromatic carbocycles. The number of nitrogens with zero attached hydrogens (tertiary/aromatic N) is 2. The maximum atomic E-state index is 12.3. The number of amides is 1.